The molecule has 5 heteroatoms. The number of aryl methyl sites for hydroxylation is 1. The summed E-state index contributed by atoms with van der Waals surface area (Å²) in [5, 5.41) is 3.11. The highest BCUT2D eigenvalue weighted by molar-refractivity contribution is 5.92. The third-order valence-electron chi connectivity index (χ3n) is 4.16. The molecule has 1 N–H and O–H groups in total. The third kappa shape index (κ3) is 4.13. The van der Waals surface area contributed by atoms with Gasteiger partial charge in [-0.05, 0) is 38.4 Å². The van der Waals surface area contributed by atoms with Crippen LogP contribution in [0.25, 0.3) is 0 Å². The fraction of sp³-hybridized carbons (Fsp3) is 0.389. The van der Waals surface area contributed by atoms with Crippen molar-refractivity contribution in [3.63, 3.8) is 0 Å². The summed E-state index contributed by atoms with van der Waals surface area (Å²) in [6.45, 7) is 4.89. The van der Waals surface area contributed by atoms with Gasteiger partial charge in [-0.1, -0.05) is 30.3 Å². The molecule has 1 atom stereocenters. The SMILES string of the molecule is Cc1cnc(C(=O)NC(CN2CCCC2)c2ccccc2)cn1. The number of benzene rings is 1. The Bertz CT molecular complexity index is 636. The molecule has 1 aromatic heterocycles. The number of carbonyl (C=O) groups excluding carboxylic acids is 1. The summed E-state index contributed by atoms with van der Waals surface area (Å²) >= 11 is 0. The number of nitrogens with one attached hydrogen (secondary N) is 1. The zero-order valence-corrected chi connectivity index (χ0v) is 13.4. The first-order chi connectivity index (χ1) is 11.2. The van der Waals surface area contributed by atoms with E-state index in [1.54, 1.807) is 6.20 Å². The Hall–Kier alpha value is -2.27. The van der Waals surface area contributed by atoms with Gasteiger partial charge in [-0.3, -0.25) is 9.78 Å². The van der Waals surface area contributed by atoms with Gasteiger partial charge in [0.05, 0.1) is 17.9 Å². The summed E-state index contributed by atoms with van der Waals surface area (Å²) in [4.78, 5) is 23.2. The molecule has 2 aromatic rings. The Morgan fingerprint density at radius 3 is 2.57 bits per heavy atom. The van der Waals surface area contributed by atoms with Gasteiger partial charge in [-0.2, -0.15) is 0 Å². The molecule has 1 aromatic carbocycles. The van der Waals surface area contributed by atoms with Crippen LogP contribution in [-0.4, -0.2) is 40.4 Å². The first-order valence-electron chi connectivity index (χ1n) is 8.09. The summed E-state index contributed by atoms with van der Waals surface area (Å²) in [5.74, 6) is -0.175. The van der Waals surface area contributed by atoms with Crippen molar-refractivity contribution in [3.05, 3.63) is 59.7 Å². The number of hydrogen-bond acceptors (Lipinski definition) is 4. The van der Waals surface area contributed by atoms with E-state index in [4.69, 9.17) is 0 Å². The molecule has 0 spiro atoms. The zero-order valence-electron chi connectivity index (χ0n) is 13.4. The lowest BCUT2D eigenvalue weighted by Crippen LogP contribution is -2.37. The highest BCUT2D eigenvalue weighted by atomic mass is 16.1. The van der Waals surface area contributed by atoms with E-state index < -0.39 is 0 Å². The third-order valence-corrected chi connectivity index (χ3v) is 4.16. The van der Waals surface area contributed by atoms with Gasteiger partial charge in [0.2, 0.25) is 0 Å². The van der Waals surface area contributed by atoms with Crippen LogP contribution in [0.1, 0.15) is 40.6 Å². The number of aromatic nitrogens is 2. The molecule has 3 rings (SSSR count). The molecule has 120 valence electrons. The Labute approximate surface area is 136 Å². The molecule has 1 fully saturated rings. The van der Waals surface area contributed by atoms with Crippen molar-refractivity contribution in [1.82, 2.24) is 20.2 Å². The average molecular weight is 310 g/mol. The topological polar surface area (TPSA) is 58.1 Å². The van der Waals surface area contributed by atoms with Crippen molar-refractivity contribution in [1.29, 1.82) is 0 Å². The number of carbonyl (C=O) groups is 1. The smallest absolute Gasteiger partial charge is 0.272 e. The second-order valence-corrected chi connectivity index (χ2v) is 5.99. The van der Waals surface area contributed by atoms with Crippen LogP contribution in [0.4, 0.5) is 0 Å². The molecule has 1 aliphatic heterocycles. The molecule has 1 amide bonds. The average Bonchev–Trinajstić information content (AvgIpc) is 3.09. The van der Waals surface area contributed by atoms with E-state index in [1.807, 2.05) is 25.1 Å². The van der Waals surface area contributed by atoms with Crippen LogP contribution in [0, 0.1) is 6.92 Å². The minimum atomic E-state index is -0.175. The quantitative estimate of drug-likeness (QED) is 0.921. The maximum atomic E-state index is 12.5. The van der Waals surface area contributed by atoms with Gasteiger partial charge in [0.1, 0.15) is 5.69 Å². The molecule has 1 saturated heterocycles. The number of rotatable bonds is 5. The van der Waals surface area contributed by atoms with E-state index in [-0.39, 0.29) is 11.9 Å². The molecule has 1 aliphatic rings. The molecule has 0 saturated carbocycles. The summed E-state index contributed by atoms with van der Waals surface area (Å²) in [5.41, 5.74) is 2.28. The fourth-order valence-corrected chi connectivity index (χ4v) is 2.89. The predicted octanol–water partition coefficient (Wildman–Crippen LogP) is 2.35. The maximum absolute atomic E-state index is 12.5. The number of amides is 1. The lowest BCUT2D eigenvalue weighted by atomic mass is 10.1. The van der Waals surface area contributed by atoms with Gasteiger partial charge in [-0.15, -0.1) is 0 Å². The first kappa shape index (κ1) is 15.6. The van der Waals surface area contributed by atoms with Crippen molar-refractivity contribution < 1.29 is 4.79 Å². The Balaban J connectivity index is 1.74. The van der Waals surface area contributed by atoms with Crippen LogP contribution in [0.5, 0.6) is 0 Å². The van der Waals surface area contributed by atoms with Crippen molar-refractivity contribution >= 4 is 5.91 Å². The molecule has 0 radical (unpaired) electrons. The lowest BCUT2D eigenvalue weighted by Gasteiger charge is -2.24. The summed E-state index contributed by atoms with van der Waals surface area (Å²) in [7, 11) is 0. The lowest BCUT2D eigenvalue weighted by molar-refractivity contribution is 0.0921. The van der Waals surface area contributed by atoms with Crippen LogP contribution in [0.15, 0.2) is 42.7 Å². The highest BCUT2D eigenvalue weighted by Crippen LogP contribution is 2.18. The molecular formula is C18H22N4O. The van der Waals surface area contributed by atoms with Crippen molar-refractivity contribution in [3.8, 4) is 0 Å². The van der Waals surface area contributed by atoms with Crippen molar-refractivity contribution in [2.24, 2.45) is 0 Å². The first-order valence-corrected chi connectivity index (χ1v) is 8.09. The van der Waals surface area contributed by atoms with E-state index in [0.29, 0.717) is 5.69 Å². The van der Waals surface area contributed by atoms with Gasteiger partial charge < -0.3 is 10.2 Å². The normalized spacial score (nSPS) is 16.2. The minimum Gasteiger partial charge on any atom is -0.343 e. The molecule has 23 heavy (non-hydrogen) atoms. The monoisotopic (exact) mass is 310 g/mol. The molecule has 2 heterocycles. The molecule has 0 bridgehead atoms. The van der Waals surface area contributed by atoms with E-state index in [9.17, 15) is 4.79 Å². The van der Waals surface area contributed by atoms with E-state index in [1.165, 1.54) is 19.0 Å². The fourth-order valence-electron chi connectivity index (χ4n) is 2.89. The largest absolute Gasteiger partial charge is 0.343 e. The minimum absolute atomic E-state index is 0.0371. The Morgan fingerprint density at radius 2 is 1.91 bits per heavy atom. The number of nitrogens with zero attached hydrogens (tertiary/aromatic N) is 3. The molecule has 0 aliphatic carbocycles. The van der Waals surface area contributed by atoms with Gasteiger partial charge in [0.25, 0.3) is 5.91 Å². The van der Waals surface area contributed by atoms with E-state index in [2.05, 4.69) is 32.3 Å². The Morgan fingerprint density at radius 1 is 1.17 bits per heavy atom. The van der Waals surface area contributed by atoms with E-state index in [0.717, 1.165) is 30.9 Å². The van der Waals surface area contributed by atoms with E-state index >= 15 is 0 Å². The second kappa shape index (κ2) is 7.33. The van der Waals surface area contributed by atoms with Gasteiger partial charge in [0.15, 0.2) is 0 Å². The summed E-state index contributed by atoms with van der Waals surface area (Å²) in [6.07, 6.45) is 5.62. The molecular weight excluding hydrogens is 288 g/mol. The van der Waals surface area contributed by atoms with Crippen molar-refractivity contribution in [2.45, 2.75) is 25.8 Å². The summed E-state index contributed by atoms with van der Waals surface area (Å²) in [6, 6.07) is 10.1. The molecule has 5 nitrogen and oxygen atoms in total. The van der Waals surface area contributed by atoms with Gasteiger partial charge in [-0.25, -0.2) is 4.98 Å². The van der Waals surface area contributed by atoms with Gasteiger partial charge in [0, 0.05) is 12.7 Å². The number of hydrogen-bond donors (Lipinski definition) is 1. The zero-order chi connectivity index (χ0) is 16.1. The summed E-state index contributed by atoms with van der Waals surface area (Å²) < 4.78 is 0. The standard InChI is InChI=1S/C18H22N4O/c1-14-11-20-16(12-19-14)18(23)21-17(13-22-9-5-6-10-22)15-7-3-2-4-8-15/h2-4,7-8,11-12,17H,5-6,9-10,13H2,1H3,(H,21,23). The van der Waals surface area contributed by atoms with Crippen LogP contribution >= 0.6 is 0 Å². The highest BCUT2D eigenvalue weighted by Gasteiger charge is 2.21. The number of likely N-dealkylation sites (tertiary alicyclic amines) is 1. The maximum Gasteiger partial charge on any atom is 0.272 e. The van der Waals surface area contributed by atoms with Crippen LogP contribution in [-0.2, 0) is 0 Å². The van der Waals surface area contributed by atoms with Crippen LogP contribution in [0.3, 0.4) is 0 Å². The van der Waals surface area contributed by atoms with Crippen LogP contribution in [0.2, 0.25) is 0 Å². The second-order valence-electron chi connectivity index (χ2n) is 5.99. The van der Waals surface area contributed by atoms with Gasteiger partial charge >= 0.3 is 0 Å². The predicted molar refractivity (Wildman–Crippen MR) is 89.1 cm³/mol. The molecule has 1 unspecified atom stereocenters. The Kier molecular flexibility index (Phi) is 4.98. The van der Waals surface area contributed by atoms with Crippen molar-refractivity contribution in [2.75, 3.05) is 19.6 Å². The van der Waals surface area contributed by atoms with Crippen LogP contribution < -0.4 is 5.32 Å².